The van der Waals surface area contributed by atoms with Gasteiger partial charge < -0.3 is 15.4 Å². The Kier molecular flexibility index (Phi) is 6.94. The molecule has 1 aromatic rings. The van der Waals surface area contributed by atoms with E-state index in [0.29, 0.717) is 17.8 Å². The van der Waals surface area contributed by atoms with Gasteiger partial charge in [0.2, 0.25) is 11.8 Å². The van der Waals surface area contributed by atoms with E-state index >= 15 is 0 Å². The molecule has 0 saturated carbocycles. The summed E-state index contributed by atoms with van der Waals surface area (Å²) in [5.41, 5.74) is 1.19. The van der Waals surface area contributed by atoms with Gasteiger partial charge in [0.25, 0.3) is 0 Å². The minimum Gasteiger partial charge on any atom is -0.469 e. The maximum absolute atomic E-state index is 11.7. The predicted octanol–water partition coefficient (Wildman–Crippen LogP) is 2.32. The zero-order chi connectivity index (χ0) is 15.7. The Balaban J connectivity index is 2.54. The van der Waals surface area contributed by atoms with E-state index in [-0.39, 0.29) is 24.7 Å². The first-order chi connectivity index (χ1) is 10.0. The summed E-state index contributed by atoms with van der Waals surface area (Å²) in [7, 11) is 1.28. The summed E-state index contributed by atoms with van der Waals surface area (Å²) in [6.45, 7) is 1.93. The van der Waals surface area contributed by atoms with E-state index in [1.807, 2.05) is 6.92 Å². The summed E-state index contributed by atoms with van der Waals surface area (Å²) in [6.07, 6.45) is 1.32. The van der Waals surface area contributed by atoms with Crippen molar-refractivity contribution in [3.63, 3.8) is 0 Å². The van der Waals surface area contributed by atoms with Crippen LogP contribution in [0.1, 0.15) is 32.6 Å². The molecular weight excluding hydrogens is 272 g/mol. The second kappa shape index (κ2) is 8.73. The number of ether oxygens (including phenoxy) is 1. The summed E-state index contributed by atoms with van der Waals surface area (Å²) in [5, 5.41) is 5.42. The summed E-state index contributed by atoms with van der Waals surface area (Å²) in [5.74, 6) is -0.769. The number of anilines is 2. The second-order valence-electron chi connectivity index (χ2n) is 4.50. The van der Waals surface area contributed by atoms with E-state index in [0.717, 1.165) is 6.42 Å². The van der Waals surface area contributed by atoms with Crippen LogP contribution in [0.2, 0.25) is 0 Å². The lowest BCUT2D eigenvalue weighted by atomic mass is 10.2. The molecule has 0 aliphatic rings. The number of rotatable bonds is 7. The number of nitrogens with one attached hydrogen (secondary N) is 2. The molecule has 0 radical (unpaired) electrons. The molecule has 6 nitrogen and oxygen atoms in total. The minimum absolute atomic E-state index is 0.0370. The average molecular weight is 292 g/mol. The minimum atomic E-state index is -0.425. The third kappa shape index (κ3) is 6.56. The van der Waals surface area contributed by atoms with Crippen molar-refractivity contribution in [3.8, 4) is 0 Å². The number of hydrogen-bond acceptors (Lipinski definition) is 4. The van der Waals surface area contributed by atoms with Gasteiger partial charge in [-0.15, -0.1) is 0 Å². The lowest BCUT2D eigenvalue weighted by Gasteiger charge is -2.08. The molecule has 0 bridgehead atoms. The van der Waals surface area contributed by atoms with E-state index in [4.69, 9.17) is 0 Å². The molecule has 0 aliphatic heterocycles. The third-order valence-electron chi connectivity index (χ3n) is 2.69. The predicted molar refractivity (Wildman–Crippen MR) is 79.9 cm³/mol. The van der Waals surface area contributed by atoms with Gasteiger partial charge in [-0.2, -0.15) is 0 Å². The van der Waals surface area contributed by atoms with Crippen LogP contribution in [0.5, 0.6) is 0 Å². The summed E-state index contributed by atoms with van der Waals surface area (Å²) < 4.78 is 4.47. The highest BCUT2D eigenvalue weighted by Gasteiger charge is 2.08. The van der Waals surface area contributed by atoms with E-state index in [1.165, 1.54) is 7.11 Å². The van der Waals surface area contributed by atoms with Gasteiger partial charge in [0, 0.05) is 24.2 Å². The van der Waals surface area contributed by atoms with E-state index in [9.17, 15) is 14.4 Å². The largest absolute Gasteiger partial charge is 0.469 e. The molecule has 21 heavy (non-hydrogen) atoms. The quantitative estimate of drug-likeness (QED) is 0.755. The van der Waals surface area contributed by atoms with Crippen LogP contribution in [-0.4, -0.2) is 24.9 Å². The number of esters is 1. The molecule has 0 spiro atoms. The molecule has 2 amide bonds. The van der Waals surface area contributed by atoms with Crippen molar-refractivity contribution in [1.29, 1.82) is 0 Å². The Morgan fingerprint density at radius 1 is 1.00 bits per heavy atom. The SMILES string of the molecule is CCCC(=O)Nc1cccc(NC(=O)CCC(=O)OC)c1. The molecule has 2 N–H and O–H groups in total. The fourth-order valence-corrected chi connectivity index (χ4v) is 1.67. The smallest absolute Gasteiger partial charge is 0.306 e. The lowest BCUT2D eigenvalue weighted by Crippen LogP contribution is -2.14. The molecule has 1 rings (SSSR count). The standard InChI is InChI=1S/C15H20N2O4/c1-3-5-13(18)16-11-6-4-7-12(10-11)17-14(19)8-9-15(20)21-2/h4,6-7,10H,3,5,8-9H2,1-2H3,(H,16,18)(H,17,19). The van der Waals surface area contributed by atoms with E-state index in [2.05, 4.69) is 15.4 Å². The van der Waals surface area contributed by atoms with Crippen LogP contribution >= 0.6 is 0 Å². The fourth-order valence-electron chi connectivity index (χ4n) is 1.67. The van der Waals surface area contributed by atoms with Crippen LogP contribution in [0.3, 0.4) is 0 Å². The van der Waals surface area contributed by atoms with Crippen molar-refractivity contribution in [2.75, 3.05) is 17.7 Å². The Hall–Kier alpha value is -2.37. The van der Waals surface area contributed by atoms with Gasteiger partial charge >= 0.3 is 5.97 Å². The molecular formula is C15H20N2O4. The first-order valence-electron chi connectivity index (χ1n) is 6.81. The number of carbonyl (C=O) groups excluding carboxylic acids is 3. The second-order valence-corrected chi connectivity index (χ2v) is 4.50. The summed E-state index contributed by atoms with van der Waals surface area (Å²) in [4.78, 5) is 34.1. The molecule has 114 valence electrons. The van der Waals surface area contributed by atoms with Crippen LogP contribution in [0.15, 0.2) is 24.3 Å². The summed E-state index contributed by atoms with van der Waals surface area (Å²) >= 11 is 0. The van der Waals surface area contributed by atoms with Gasteiger partial charge in [0.05, 0.1) is 13.5 Å². The Bertz CT molecular complexity index is 514. The van der Waals surface area contributed by atoms with Crippen LogP contribution < -0.4 is 10.6 Å². The third-order valence-corrected chi connectivity index (χ3v) is 2.69. The highest BCUT2D eigenvalue weighted by molar-refractivity contribution is 5.94. The Labute approximate surface area is 123 Å². The number of methoxy groups -OCH3 is 1. The van der Waals surface area contributed by atoms with Crippen molar-refractivity contribution in [2.45, 2.75) is 32.6 Å². The molecule has 6 heteroatoms. The molecule has 0 atom stereocenters. The van der Waals surface area contributed by atoms with E-state index < -0.39 is 5.97 Å². The van der Waals surface area contributed by atoms with Crippen molar-refractivity contribution in [2.24, 2.45) is 0 Å². The van der Waals surface area contributed by atoms with Crippen molar-refractivity contribution in [1.82, 2.24) is 0 Å². The molecule has 0 aliphatic carbocycles. The van der Waals surface area contributed by atoms with Crippen molar-refractivity contribution < 1.29 is 19.1 Å². The number of benzene rings is 1. The molecule has 0 unspecified atom stereocenters. The van der Waals surface area contributed by atoms with Gasteiger partial charge in [0.15, 0.2) is 0 Å². The average Bonchev–Trinajstić information content (AvgIpc) is 2.45. The van der Waals surface area contributed by atoms with Gasteiger partial charge in [0.1, 0.15) is 0 Å². The molecule has 0 aromatic heterocycles. The summed E-state index contributed by atoms with van der Waals surface area (Å²) in [6, 6.07) is 6.87. The molecule has 0 heterocycles. The van der Waals surface area contributed by atoms with Crippen molar-refractivity contribution >= 4 is 29.2 Å². The normalized spacial score (nSPS) is 9.81. The van der Waals surface area contributed by atoms with Gasteiger partial charge in [-0.3, -0.25) is 14.4 Å². The number of hydrogen-bond donors (Lipinski definition) is 2. The molecule has 0 saturated heterocycles. The van der Waals surface area contributed by atoms with Crippen molar-refractivity contribution in [3.05, 3.63) is 24.3 Å². The van der Waals surface area contributed by atoms with Gasteiger partial charge in [-0.1, -0.05) is 13.0 Å². The first-order valence-corrected chi connectivity index (χ1v) is 6.81. The maximum atomic E-state index is 11.7. The number of carbonyl (C=O) groups is 3. The molecule has 1 aromatic carbocycles. The van der Waals surface area contributed by atoms with Crippen LogP contribution in [0.25, 0.3) is 0 Å². The molecule has 0 fully saturated rings. The van der Waals surface area contributed by atoms with Gasteiger partial charge in [-0.05, 0) is 24.6 Å². The fraction of sp³-hybridized carbons (Fsp3) is 0.400. The maximum Gasteiger partial charge on any atom is 0.306 e. The van der Waals surface area contributed by atoms with Crippen LogP contribution in [-0.2, 0) is 19.1 Å². The van der Waals surface area contributed by atoms with Crippen LogP contribution in [0, 0.1) is 0 Å². The number of amides is 2. The zero-order valence-corrected chi connectivity index (χ0v) is 12.3. The van der Waals surface area contributed by atoms with Crippen LogP contribution in [0.4, 0.5) is 11.4 Å². The lowest BCUT2D eigenvalue weighted by molar-refractivity contribution is -0.141. The van der Waals surface area contributed by atoms with Gasteiger partial charge in [-0.25, -0.2) is 0 Å². The zero-order valence-electron chi connectivity index (χ0n) is 12.3. The van der Waals surface area contributed by atoms with E-state index in [1.54, 1.807) is 24.3 Å². The Morgan fingerprint density at radius 3 is 2.10 bits per heavy atom. The Morgan fingerprint density at radius 2 is 1.57 bits per heavy atom. The monoisotopic (exact) mass is 292 g/mol. The first kappa shape index (κ1) is 16.7. The highest BCUT2D eigenvalue weighted by atomic mass is 16.5. The highest BCUT2D eigenvalue weighted by Crippen LogP contribution is 2.16. The topological polar surface area (TPSA) is 84.5 Å².